The highest BCUT2D eigenvalue weighted by molar-refractivity contribution is 5.97. The molecule has 2 aromatic carbocycles. The Bertz CT molecular complexity index is 985. The molecule has 1 atom stereocenters. The highest BCUT2D eigenvalue weighted by atomic mass is 16.5. The Balaban J connectivity index is 1.47. The molecule has 5 heteroatoms. The van der Waals surface area contributed by atoms with E-state index in [1.54, 1.807) is 13.3 Å². The number of nitrogens with zero attached hydrogens (tertiary/aromatic N) is 2. The molecule has 0 bridgehead atoms. The second-order valence-electron chi connectivity index (χ2n) is 7.05. The maximum absolute atomic E-state index is 12.9. The van der Waals surface area contributed by atoms with Crippen LogP contribution in [-0.2, 0) is 11.2 Å². The maximum Gasteiger partial charge on any atom is 0.230 e. The van der Waals surface area contributed by atoms with E-state index < -0.39 is 0 Å². The van der Waals surface area contributed by atoms with Crippen LogP contribution in [-0.4, -0.2) is 24.5 Å². The molecule has 4 rings (SSSR count). The lowest BCUT2D eigenvalue weighted by atomic mass is 9.98. The first kappa shape index (κ1) is 18.0. The van der Waals surface area contributed by atoms with Gasteiger partial charge in [-0.25, -0.2) is 4.98 Å². The topological polar surface area (TPSA) is 68.4 Å². The van der Waals surface area contributed by atoms with E-state index in [0.29, 0.717) is 5.82 Å². The van der Waals surface area contributed by atoms with Crippen LogP contribution in [0.3, 0.4) is 0 Å². The first-order valence-corrected chi connectivity index (χ1v) is 9.40. The molecule has 0 aliphatic carbocycles. The van der Waals surface area contributed by atoms with Gasteiger partial charge in [0.05, 0.1) is 7.11 Å². The Morgan fingerprint density at radius 2 is 1.93 bits per heavy atom. The summed E-state index contributed by atoms with van der Waals surface area (Å²) in [6.07, 6.45) is 3.30. The molecule has 2 heterocycles. The second kappa shape index (κ2) is 7.72. The van der Waals surface area contributed by atoms with Crippen molar-refractivity contribution in [1.29, 1.82) is 0 Å². The Morgan fingerprint density at radius 3 is 2.68 bits per heavy atom. The minimum atomic E-state index is 0.00628. The maximum atomic E-state index is 12.9. The Hall–Kier alpha value is -3.34. The van der Waals surface area contributed by atoms with Gasteiger partial charge < -0.3 is 15.4 Å². The van der Waals surface area contributed by atoms with Crippen molar-refractivity contribution in [2.75, 3.05) is 24.3 Å². The molecule has 5 nitrogen and oxygen atoms in total. The largest absolute Gasteiger partial charge is 0.497 e. The van der Waals surface area contributed by atoms with Crippen LogP contribution < -0.4 is 15.4 Å². The lowest BCUT2D eigenvalue weighted by Crippen LogP contribution is -2.27. The molecule has 1 unspecified atom stereocenters. The summed E-state index contributed by atoms with van der Waals surface area (Å²) in [7, 11) is 1.66. The summed E-state index contributed by atoms with van der Waals surface area (Å²) in [5, 5.41) is 0. The van der Waals surface area contributed by atoms with Gasteiger partial charge in [0, 0.05) is 24.3 Å². The highest BCUT2D eigenvalue weighted by Gasteiger charge is 2.32. The van der Waals surface area contributed by atoms with Gasteiger partial charge in [-0.05, 0) is 65.9 Å². The van der Waals surface area contributed by atoms with Gasteiger partial charge in [0.1, 0.15) is 11.6 Å². The number of rotatable bonds is 5. The molecular weight excluding hydrogens is 350 g/mol. The molecule has 1 fully saturated rings. The summed E-state index contributed by atoms with van der Waals surface area (Å²) in [6, 6.07) is 19.8. The van der Waals surface area contributed by atoms with Crippen LogP contribution in [0.4, 0.5) is 11.5 Å². The van der Waals surface area contributed by atoms with Gasteiger partial charge in [-0.1, -0.05) is 24.3 Å². The zero-order valence-corrected chi connectivity index (χ0v) is 15.8. The Kier molecular flexibility index (Phi) is 4.98. The van der Waals surface area contributed by atoms with Crippen molar-refractivity contribution >= 4 is 17.4 Å². The van der Waals surface area contributed by atoms with Gasteiger partial charge in [-0.3, -0.25) is 4.79 Å². The summed E-state index contributed by atoms with van der Waals surface area (Å²) >= 11 is 0. The average molecular weight is 373 g/mol. The van der Waals surface area contributed by atoms with E-state index in [9.17, 15) is 4.79 Å². The van der Waals surface area contributed by atoms with Crippen LogP contribution in [0.5, 0.6) is 5.75 Å². The quantitative estimate of drug-likeness (QED) is 0.736. The standard InChI is InChI=1S/C23H23N3O2/c1-28-21-4-2-3-16(14-21)13-19-10-12-26(23(19)27)20-7-5-17(6-8-20)18-9-11-25-22(24)15-18/h2-9,11,14-15,19H,10,12-13H2,1H3,(H2,24,25). The van der Waals surface area contributed by atoms with Crippen LogP contribution >= 0.6 is 0 Å². The normalized spacial score (nSPS) is 16.4. The van der Waals surface area contributed by atoms with Gasteiger partial charge in [-0.2, -0.15) is 0 Å². The molecular formula is C23H23N3O2. The minimum Gasteiger partial charge on any atom is -0.497 e. The number of nitrogens with two attached hydrogens (primary N) is 1. The van der Waals surface area contributed by atoms with Crippen LogP contribution in [0.15, 0.2) is 66.9 Å². The monoisotopic (exact) mass is 373 g/mol. The van der Waals surface area contributed by atoms with Crippen molar-refractivity contribution in [1.82, 2.24) is 4.98 Å². The predicted octanol–water partition coefficient (Wildman–Crippen LogP) is 3.94. The lowest BCUT2D eigenvalue weighted by molar-refractivity contribution is -0.120. The molecule has 142 valence electrons. The first-order chi connectivity index (χ1) is 13.6. The number of ether oxygens (including phenoxy) is 1. The average Bonchev–Trinajstić information content (AvgIpc) is 3.08. The van der Waals surface area contributed by atoms with Gasteiger partial charge in [0.25, 0.3) is 0 Å². The highest BCUT2D eigenvalue weighted by Crippen LogP contribution is 2.30. The fourth-order valence-corrected chi connectivity index (χ4v) is 3.73. The predicted molar refractivity (Wildman–Crippen MR) is 111 cm³/mol. The Morgan fingerprint density at radius 1 is 1.11 bits per heavy atom. The van der Waals surface area contributed by atoms with Crippen molar-refractivity contribution in [3.05, 3.63) is 72.4 Å². The second-order valence-corrected chi connectivity index (χ2v) is 7.05. The van der Waals surface area contributed by atoms with Crippen molar-refractivity contribution in [3.8, 4) is 16.9 Å². The number of amides is 1. The molecule has 1 saturated heterocycles. The number of aromatic nitrogens is 1. The molecule has 3 aromatic rings. The fourth-order valence-electron chi connectivity index (χ4n) is 3.73. The molecule has 2 N–H and O–H groups in total. The Labute approximate surface area is 164 Å². The van der Waals surface area contributed by atoms with E-state index >= 15 is 0 Å². The first-order valence-electron chi connectivity index (χ1n) is 9.40. The van der Waals surface area contributed by atoms with Gasteiger partial charge in [0.2, 0.25) is 5.91 Å². The summed E-state index contributed by atoms with van der Waals surface area (Å²) < 4.78 is 5.28. The molecule has 0 saturated carbocycles. The number of nitrogen functional groups attached to an aromatic ring is 1. The summed E-state index contributed by atoms with van der Waals surface area (Å²) in [5.41, 5.74) is 9.90. The summed E-state index contributed by atoms with van der Waals surface area (Å²) in [6.45, 7) is 0.745. The van der Waals surface area contributed by atoms with E-state index in [1.165, 1.54) is 0 Å². The zero-order chi connectivity index (χ0) is 19.5. The number of benzene rings is 2. The number of methoxy groups -OCH3 is 1. The van der Waals surface area contributed by atoms with E-state index in [4.69, 9.17) is 10.5 Å². The number of hydrogen-bond acceptors (Lipinski definition) is 4. The van der Waals surface area contributed by atoms with E-state index in [2.05, 4.69) is 4.98 Å². The fraction of sp³-hybridized carbons (Fsp3) is 0.217. The SMILES string of the molecule is COc1cccc(CC2CCN(c3ccc(-c4ccnc(N)c4)cc3)C2=O)c1. The van der Waals surface area contributed by atoms with Gasteiger partial charge in [0.15, 0.2) is 0 Å². The van der Waals surface area contributed by atoms with Crippen LogP contribution in [0.1, 0.15) is 12.0 Å². The third kappa shape index (κ3) is 3.69. The molecule has 1 aliphatic rings. The minimum absolute atomic E-state index is 0.00628. The third-order valence-corrected chi connectivity index (χ3v) is 5.23. The van der Waals surface area contributed by atoms with Gasteiger partial charge in [-0.15, -0.1) is 0 Å². The molecule has 1 aromatic heterocycles. The lowest BCUT2D eigenvalue weighted by Gasteiger charge is -2.17. The number of anilines is 2. The third-order valence-electron chi connectivity index (χ3n) is 5.23. The van der Waals surface area contributed by atoms with Crippen LogP contribution in [0.2, 0.25) is 0 Å². The number of hydrogen-bond donors (Lipinski definition) is 1. The van der Waals surface area contributed by atoms with Crippen LogP contribution in [0.25, 0.3) is 11.1 Å². The number of pyridine rings is 1. The molecule has 28 heavy (non-hydrogen) atoms. The molecule has 1 aliphatic heterocycles. The van der Waals surface area contributed by atoms with E-state index in [1.807, 2.05) is 65.6 Å². The summed E-state index contributed by atoms with van der Waals surface area (Å²) in [5.74, 6) is 1.51. The van der Waals surface area contributed by atoms with Crippen molar-refractivity contribution in [2.24, 2.45) is 5.92 Å². The van der Waals surface area contributed by atoms with Crippen LogP contribution in [0, 0.1) is 5.92 Å². The molecule has 0 spiro atoms. The van der Waals surface area contributed by atoms with Gasteiger partial charge >= 0.3 is 0 Å². The number of carbonyl (C=O) groups excluding carboxylic acids is 1. The number of carbonyl (C=O) groups is 1. The zero-order valence-electron chi connectivity index (χ0n) is 15.8. The van der Waals surface area contributed by atoms with Crippen molar-refractivity contribution in [3.63, 3.8) is 0 Å². The van der Waals surface area contributed by atoms with Crippen molar-refractivity contribution in [2.45, 2.75) is 12.8 Å². The molecule has 1 amide bonds. The molecule has 0 radical (unpaired) electrons. The summed E-state index contributed by atoms with van der Waals surface area (Å²) in [4.78, 5) is 18.8. The smallest absolute Gasteiger partial charge is 0.230 e. The van der Waals surface area contributed by atoms with E-state index in [0.717, 1.165) is 47.5 Å². The van der Waals surface area contributed by atoms with Crippen molar-refractivity contribution < 1.29 is 9.53 Å². The van der Waals surface area contributed by atoms with E-state index in [-0.39, 0.29) is 11.8 Å².